The van der Waals surface area contributed by atoms with Gasteiger partial charge in [0.25, 0.3) is 0 Å². The Morgan fingerprint density at radius 1 is 1.25 bits per heavy atom. The molecule has 0 saturated carbocycles. The predicted octanol–water partition coefficient (Wildman–Crippen LogP) is 2.80. The second-order valence-electron chi connectivity index (χ2n) is 5.38. The first-order chi connectivity index (χ1) is 11.4. The highest BCUT2D eigenvalue weighted by Crippen LogP contribution is 2.32. The van der Waals surface area contributed by atoms with Crippen molar-refractivity contribution in [3.8, 4) is 11.5 Å². The van der Waals surface area contributed by atoms with Gasteiger partial charge in [0.1, 0.15) is 6.04 Å². The molecule has 0 heterocycles. The number of carboxylic acids is 1. The maximum Gasteiger partial charge on any atom is 0.326 e. The number of ether oxygens (including phenoxy) is 2. The number of hydrogen-bond donors (Lipinski definition) is 2. The van der Waals surface area contributed by atoms with Gasteiger partial charge in [-0.05, 0) is 24.1 Å². The summed E-state index contributed by atoms with van der Waals surface area (Å²) in [4.78, 5) is 24.1. The van der Waals surface area contributed by atoms with E-state index >= 15 is 0 Å². The SMILES string of the molecule is CC[C@H](C)[C@H](NC(=O)CCSc1ccc(OC)c(OC)c1)C(=O)O. The van der Waals surface area contributed by atoms with E-state index in [0.717, 1.165) is 4.90 Å². The maximum atomic E-state index is 12.0. The van der Waals surface area contributed by atoms with Crippen molar-refractivity contribution in [2.75, 3.05) is 20.0 Å². The number of rotatable bonds is 10. The van der Waals surface area contributed by atoms with E-state index < -0.39 is 12.0 Å². The van der Waals surface area contributed by atoms with E-state index in [-0.39, 0.29) is 18.2 Å². The Bertz CT molecular complexity index is 564. The average Bonchev–Trinajstić information content (AvgIpc) is 2.58. The number of carbonyl (C=O) groups excluding carboxylic acids is 1. The van der Waals surface area contributed by atoms with Gasteiger partial charge in [-0.25, -0.2) is 4.79 Å². The van der Waals surface area contributed by atoms with Crippen molar-refractivity contribution in [2.24, 2.45) is 5.92 Å². The quantitative estimate of drug-likeness (QED) is 0.628. The third-order valence-corrected chi connectivity index (χ3v) is 4.74. The molecular formula is C17H25NO5S. The normalized spacial score (nSPS) is 13.0. The van der Waals surface area contributed by atoms with Crippen LogP contribution in [0.4, 0.5) is 0 Å². The molecule has 0 aliphatic heterocycles. The van der Waals surface area contributed by atoms with Gasteiger partial charge in [-0.1, -0.05) is 20.3 Å². The second kappa shape index (κ2) is 10.1. The van der Waals surface area contributed by atoms with Crippen LogP contribution < -0.4 is 14.8 Å². The Kier molecular flexibility index (Phi) is 8.46. The van der Waals surface area contributed by atoms with Crippen LogP contribution in [0.2, 0.25) is 0 Å². The van der Waals surface area contributed by atoms with E-state index in [9.17, 15) is 14.7 Å². The molecular weight excluding hydrogens is 330 g/mol. The lowest BCUT2D eigenvalue weighted by Gasteiger charge is -2.20. The first-order valence-electron chi connectivity index (χ1n) is 7.79. The van der Waals surface area contributed by atoms with E-state index in [2.05, 4.69) is 5.32 Å². The summed E-state index contributed by atoms with van der Waals surface area (Å²) in [5, 5.41) is 11.8. The van der Waals surface area contributed by atoms with Crippen LogP contribution in [0.5, 0.6) is 11.5 Å². The lowest BCUT2D eigenvalue weighted by atomic mass is 9.99. The van der Waals surface area contributed by atoms with Gasteiger partial charge in [0, 0.05) is 17.1 Å². The van der Waals surface area contributed by atoms with Crippen molar-refractivity contribution >= 4 is 23.6 Å². The van der Waals surface area contributed by atoms with Crippen LogP contribution in [-0.2, 0) is 9.59 Å². The van der Waals surface area contributed by atoms with Crippen molar-refractivity contribution in [3.05, 3.63) is 18.2 Å². The summed E-state index contributed by atoms with van der Waals surface area (Å²) in [5.74, 6) is 0.478. The number of carbonyl (C=O) groups is 2. The van der Waals surface area contributed by atoms with Crippen molar-refractivity contribution in [2.45, 2.75) is 37.6 Å². The molecule has 0 aromatic heterocycles. The third kappa shape index (κ3) is 5.96. The zero-order valence-corrected chi connectivity index (χ0v) is 15.3. The highest BCUT2D eigenvalue weighted by Gasteiger charge is 2.24. The van der Waals surface area contributed by atoms with Crippen molar-refractivity contribution in [1.29, 1.82) is 0 Å². The maximum absolute atomic E-state index is 12.0. The Balaban J connectivity index is 2.52. The molecule has 6 nitrogen and oxygen atoms in total. The molecule has 0 saturated heterocycles. The topological polar surface area (TPSA) is 84.9 Å². The molecule has 24 heavy (non-hydrogen) atoms. The van der Waals surface area contributed by atoms with Gasteiger partial charge in [0.15, 0.2) is 11.5 Å². The summed E-state index contributed by atoms with van der Waals surface area (Å²) < 4.78 is 10.4. The summed E-state index contributed by atoms with van der Waals surface area (Å²) in [7, 11) is 3.14. The monoisotopic (exact) mass is 355 g/mol. The zero-order valence-electron chi connectivity index (χ0n) is 14.5. The fraction of sp³-hybridized carbons (Fsp3) is 0.529. The van der Waals surface area contributed by atoms with Crippen molar-refractivity contribution < 1.29 is 24.2 Å². The van der Waals surface area contributed by atoms with Crippen LogP contribution in [0.3, 0.4) is 0 Å². The van der Waals surface area contributed by atoms with Gasteiger partial charge in [0.05, 0.1) is 14.2 Å². The first-order valence-corrected chi connectivity index (χ1v) is 8.78. The molecule has 0 radical (unpaired) electrons. The summed E-state index contributed by atoms with van der Waals surface area (Å²) >= 11 is 1.50. The van der Waals surface area contributed by atoms with Gasteiger partial charge in [-0.2, -0.15) is 0 Å². The smallest absolute Gasteiger partial charge is 0.326 e. The number of amides is 1. The van der Waals surface area contributed by atoms with E-state index in [4.69, 9.17) is 9.47 Å². The minimum atomic E-state index is -0.995. The number of aliphatic carboxylic acids is 1. The summed E-state index contributed by atoms with van der Waals surface area (Å²) in [6.45, 7) is 3.72. The fourth-order valence-electron chi connectivity index (χ4n) is 2.10. The molecule has 1 aromatic rings. The van der Waals surface area contributed by atoms with Crippen molar-refractivity contribution in [1.82, 2.24) is 5.32 Å². The lowest BCUT2D eigenvalue weighted by Crippen LogP contribution is -2.45. The number of hydrogen-bond acceptors (Lipinski definition) is 5. The summed E-state index contributed by atoms with van der Waals surface area (Å²) in [6, 6.07) is 4.71. The molecule has 7 heteroatoms. The average molecular weight is 355 g/mol. The highest BCUT2D eigenvalue weighted by molar-refractivity contribution is 7.99. The van der Waals surface area contributed by atoms with Crippen molar-refractivity contribution in [3.63, 3.8) is 0 Å². The molecule has 0 spiro atoms. The molecule has 0 aliphatic carbocycles. The zero-order chi connectivity index (χ0) is 18.1. The highest BCUT2D eigenvalue weighted by atomic mass is 32.2. The summed E-state index contributed by atoms with van der Waals surface area (Å²) in [6.07, 6.45) is 0.941. The molecule has 0 aliphatic rings. The molecule has 0 fully saturated rings. The number of nitrogens with one attached hydrogen (secondary N) is 1. The molecule has 2 N–H and O–H groups in total. The van der Waals surface area contributed by atoms with Crippen LogP contribution in [-0.4, -0.2) is 43.0 Å². The van der Waals surface area contributed by atoms with Gasteiger partial charge in [0.2, 0.25) is 5.91 Å². The van der Waals surface area contributed by atoms with E-state index in [1.54, 1.807) is 14.2 Å². The number of benzene rings is 1. The van der Waals surface area contributed by atoms with Gasteiger partial charge < -0.3 is 19.9 Å². The van der Waals surface area contributed by atoms with Crippen LogP contribution in [0.15, 0.2) is 23.1 Å². The Morgan fingerprint density at radius 3 is 2.46 bits per heavy atom. The Labute approximate surface area is 146 Å². The van der Waals surface area contributed by atoms with Crippen LogP contribution in [0, 0.1) is 5.92 Å². The van der Waals surface area contributed by atoms with Crippen LogP contribution >= 0.6 is 11.8 Å². The predicted molar refractivity (Wildman–Crippen MR) is 93.9 cm³/mol. The molecule has 2 atom stereocenters. The lowest BCUT2D eigenvalue weighted by molar-refractivity contribution is -0.143. The molecule has 1 rings (SSSR count). The molecule has 0 unspecified atom stereocenters. The van der Waals surface area contributed by atoms with Gasteiger partial charge >= 0.3 is 5.97 Å². The van der Waals surface area contributed by atoms with Gasteiger partial charge in [-0.15, -0.1) is 11.8 Å². The van der Waals surface area contributed by atoms with Crippen LogP contribution in [0.1, 0.15) is 26.7 Å². The second-order valence-corrected chi connectivity index (χ2v) is 6.55. The standard InChI is InChI=1S/C17H25NO5S/c1-5-11(2)16(17(20)21)18-15(19)8-9-24-12-6-7-13(22-3)14(10-12)23-4/h6-7,10-11,16H,5,8-9H2,1-4H3,(H,18,19)(H,20,21)/t11-,16-/m0/s1. The minimum Gasteiger partial charge on any atom is -0.493 e. The molecule has 134 valence electrons. The number of thioether (sulfide) groups is 1. The first kappa shape index (κ1) is 20.2. The Hall–Kier alpha value is -1.89. The molecule has 1 aromatic carbocycles. The van der Waals surface area contributed by atoms with E-state index in [1.165, 1.54) is 11.8 Å². The fourth-order valence-corrected chi connectivity index (χ4v) is 2.97. The summed E-state index contributed by atoms with van der Waals surface area (Å²) in [5.41, 5.74) is 0. The van der Waals surface area contributed by atoms with E-state index in [0.29, 0.717) is 23.7 Å². The van der Waals surface area contributed by atoms with Crippen LogP contribution in [0.25, 0.3) is 0 Å². The molecule has 1 amide bonds. The third-order valence-electron chi connectivity index (χ3n) is 3.75. The van der Waals surface area contributed by atoms with Gasteiger partial charge in [-0.3, -0.25) is 4.79 Å². The largest absolute Gasteiger partial charge is 0.493 e. The number of methoxy groups -OCH3 is 2. The molecule has 0 bridgehead atoms. The minimum absolute atomic E-state index is 0.107. The van der Waals surface area contributed by atoms with E-state index in [1.807, 2.05) is 32.0 Å². The number of carboxylic acid groups (broad SMARTS) is 1. The Morgan fingerprint density at radius 2 is 1.92 bits per heavy atom.